The van der Waals surface area contributed by atoms with Crippen molar-refractivity contribution in [1.82, 2.24) is 9.97 Å². The number of carboxylic acids is 1. The number of nitrogens with zero attached hydrogens (tertiary/aromatic N) is 3. The van der Waals surface area contributed by atoms with Gasteiger partial charge in [-0.15, -0.1) is 11.8 Å². The van der Waals surface area contributed by atoms with E-state index in [4.69, 9.17) is 5.11 Å². The molecular formula is C12H17N3O2S. The monoisotopic (exact) mass is 267 g/mol. The Bertz CT molecular complexity index is 447. The Hall–Kier alpha value is -1.30. The molecule has 0 aromatic carbocycles. The average Bonchev–Trinajstić information content (AvgIpc) is 3.06. The minimum absolute atomic E-state index is 0.000268. The molecule has 1 aromatic heterocycles. The van der Waals surface area contributed by atoms with Crippen LogP contribution in [0.25, 0.3) is 0 Å². The van der Waals surface area contributed by atoms with Crippen LogP contribution in [0, 0.1) is 5.41 Å². The summed E-state index contributed by atoms with van der Waals surface area (Å²) >= 11 is 1.62. The zero-order valence-electron chi connectivity index (χ0n) is 10.6. The minimum Gasteiger partial charge on any atom is -0.481 e. The Morgan fingerprint density at radius 2 is 2.28 bits per heavy atom. The Balaban J connectivity index is 1.94. The molecule has 1 aromatic rings. The Morgan fingerprint density at radius 1 is 1.56 bits per heavy atom. The summed E-state index contributed by atoms with van der Waals surface area (Å²) in [7, 11) is 3.80. The summed E-state index contributed by atoms with van der Waals surface area (Å²) in [6.07, 6.45) is 4.03. The Labute approximate surface area is 111 Å². The fourth-order valence-electron chi connectivity index (χ4n) is 1.73. The number of aromatic nitrogens is 2. The molecule has 0 atom stereocenters. The highest BCUT2D eigenvalue weighted by atomic mass is 32.2. The number of hydrogen-bond donors (Lipinski definition) is 1. The van der Waals surface area contributed by atoms with Gasteiger partial charge in [0.2, 0.25) is 5.95 Å². The summed E-state index contributed by atoms with van der Waals surface area (Å²) in [4.78, 5) is 21.2. The zero-order chi connectivity index (χ0) is 13.2. The van der Waals surface area contributed by atoms with E-state index in [1.54, 1.807) is 18.0 Å². The lowest BCUT2D eigenvalue weighted by atomic mass is 10.1. The van der Waals surface area contributed by atoms with Gasteiger partial charge in [-0.25, -0.2) is 9.97 Å². The van der Waals surface area contributed by atoms with Crippen LogP contribution in [-0.2, 0) is 4.79 Å². The third-order valence-electron chi connectivity index (χ3n) is 3.03. The smallest absolute Gasteiger partial charge is 0.303 e. The van der Waals surface area contributed by atoms with Crippen molar-refractivity contribution < 1.29 is 9.90 Å². The van der Waals surface area contributed by atoms with Crippen molar-refractivity contribution in [3.63, 3.8) is 0 Å². The largest absolute Gasteiger partial charge is 0.481 e. The number of carboxylic acid groups (broad SMARTS) is 1. The van der Waals surface area contributed by atoms with E-state index >= 15 is 0 Å². The highest BCUT2D eigenvalue weighted by Gasteiger charge is 2.44. The maximum atomic E-state index is 10.8. The van der Waals surface area contributed by atoms with Gasteiger partial charge in [-0.05, 0) is 24.3 Å². The van der Waals surface area contributed by atoms with Crippen LogP contribution in [0.1, 0.15) is 19.3 Å². The molecule has 0 aliphatic heterocycles. The van der Waals surface area contributed by atoms with Gasteiger partial charge < -0.3 is 10.0 Å². The molecule has 1 saturated carbocycles. The summed E-state index contributed by atoms with van der Waals surface area (Å²) in [5, 5.41) is 9.77. The van der Waals surface area contributed by atoms with Gasteiger partial charge in [0.25, 0.3) is 0 Å². The molecule has 2 rings (SSSR count). The molecule has 6 heteroatoms. The maximum absolute atomic E-state index is 10.8. The van der Waals surface area contributed by atoms with Gasteiger partial charge in [-0.1, -0.05) is 0 Å². The predicted molar refractivity (Wildman–Crippen MR) is 71.0 cm³/mol. The summed E-state index contributed by atoms with van der Waals surface area (Å²) < 4.78 is 0. The first-order chi connectivity index (χ1) is 8.51. The average molecular weight is 267 g/mol. The molecule has 0 saturated heterocycles. The van der Waals surface area contributed by atoms with E-state index in [9.17, 15) is 4.79 Å². The van der Waals surface area contributed by atoms with E-state index in [1.807, 2.05) is 25.1 Å². The van der Waals surface area contributed by atoms with E-state index in [0.29, 0.717) is 5.95 Å². The van der Waals surface area contributed by atoms with Crippen LogP contribution >= 0.6 is 11.8 Å². The van der Waals surface area contributed by atoms with Gasteiger partial charge in [0, 0.05) is 26.0 Å². The van der Waals surface area contributed by atoms with Gasteiger partial charge in [0.1, 0.15) is 5.03 Å². The fraction of sp³-hybridized carbons (Fsp3) is 0.583. The highest BCUT2D eigenvalue weighted by molar-refractivity contribution is 7.99. The van der Waals surface area contributed by atoms with E-state index in [2.05, 4.69) is 9.97 Å². The van der Waals surface area contributed by atoms with Crippen LogP contribution in [0.15, 0.2) is 17.3 Å². The number of rotatable bonds is 6. The molecule has 5 nitrogen and oxygen atoms in total. The molecule has 1 N–H and O–H groups in total. The number of aliphatic carboxylic acids is 1. The topological polar surface area (TPSA) is 66.3 Å². The van der Waals surface area contributed by atoms with Gasteiger partial charge >= 0.3 is 5.97 Å². The fourth-order valence-corrected chi connectivity index (χ4v) is 2.87. The lowest BCUT2D eigenvalue weighted by Gasteiger charge is -2.13. The van der Waals surface area contributed by atoms with Crippen LogP contribution in [0.5, 0.6) is 0 Å². The molecule has 18 heavy (non-hydrogen) atoms. The van der Waals surface area contributed by atoms with Crippen molar-refractivity contribution in [2.24, 2.45) is 5.41 Å². The summed E-state index contributed by atoms with van der Waals surface area (Å²) in [5.74, 6) is 0.802. The van der Waals surface area contributed by atoms with Gasteiger partial charge in [0.15, 0.2) is 0 Å². The quantitative estimate of drug-likeness (QED) is 0.627. The number of anilines is 1. The predicted octanol–water partition coefficient (Wildman–Crippen LogP) is 1.89. The van der Waals surface area contributed by atoms with E-state index in [0.717, 1.165) is 23.6 Å². The van der Waals surface area contributed by atoms with E-state index < -0.39 is 5.97 Å². The van der Waals surface area contributed by atoms with Crippen molar-refractivity contribution in [3.8, 4) is 0 Å². The molecule has 0 spiro atoms. The van der Waals surface area contributed by atoms with E-state index in [-0.39, 0.29) is 11.8 Å². The summed E-state index contributed by atoms with van der Waals surface area (Å²) in [6, 6.07) is 1.87. The summed E-state index contributed by atoms with van der Waals surface area (Å²) in [5.41, 5.74) is -0.000268. The molecule has 98 valence electrons. The van der Waals surface area contributed by atoms with Crippen molar-refractivity contribution in [2.75, 3.05) is 24.7 Å². The van der Waals surface area contributed by atoms with Crippen LogP contribution in [-0.4, -0.2) is 40.9 Å². The lowest BCUT2D eigenvalue weighted by molar-refractivity contribution is -0.138. The van der Waals surface area contributed by atoms with Crippen LogP contribution in [0.4, 0.5) is 5.95 Å². The molecular weight excluding hydrogens is 250 g/mol. The standard InChI is InChI=1S/C12H17N3O2S/c1-15(2)11-13-6-3-9(14-11)18-8-12(4-5-12)7-10(16)17/h3,6H,4-5,7-8H2,1-2H3,(H,16,17). The summed E-state index contributed by atoms with van der Waals surface area (Å²) in [6.45, 7) is 0. The molecule has 0 amide bonds. The second-order valence-corrected chi connectivity index (χ2v) is 5.94. The van der Waals surface area contributed by atoms with E-state index in [1.165, 1.54) is 0 Å². The van der Waals surface area contributed by atoms with Crippen molar-refractivity contribution in [2.45, 2.75) is 24.3 Å². The molecule has 0 radical (unpaired) electrons. The van der Waals surface area contributed by atoms with Gasteiger partial charge in [-0.3, -0.25) is 4.79 Å². The molecule has 1 heterocycles. The van der Waals surface area contributed by atoms with Crippen LogP contribution < -0.4 is 4.90 Å². The van der Waals surface area contributed by atoms with Crippen molar-refractivity contribution in [3.05, 3.63) is 12.3 Å². The molecule has 1 fully saturated rings. The molecule has 0 bridgehead atoms. The normalized spacial score (nSPS) is 16.3. The minimum atomic E-state index is -0.704. The first kappa shape index (κ1) is 13.1. The Kier molecular flexibility index (Phi) is 3.75. The number of thioether (sulfide) groups is 1. The van der Waals surface area contributed by atoms with Crippen LogP contribution in [0.2, 0.25) is 0 Å². The van der Waals surface area contributed by atoms with Gasteiger partial charge in [-0.2, -0.15) is 0 Å². The Morgan fingerprint density at radius 3 is 2.83 bits per heavy atom. The van der Waals surface area contributed by atoms with Gasteiger partial charge in [0.05, 0.1) is 6.42 Å². The lowest BCUT2D eigenvalue weighted by Crippen LogP contribution is -2.13. The van der Waals surface area contributed by atoms with Crippen LogP contribution in [0.3, 0.4) is 0 Å². The second kappa shape index (κ2) is 5.14. The molecule has 1 aliphatic carbocycles. The first-order valence-corrected chi connectivity index (χ1v) is 6.84. The first-order valence-electron chi connectivity index (χ1n) is 5.86. The zero-order valence-corrected chi connectivity index (χ0v) is 11.4. The number of hydrogen-bond acceptors (Lipinski definition) is 5. The maximum Gasteiger partial charge on any atom is 0.303 e. The second-order valence-electron chi connectivity index (χ2n) is 4.95. The third kappa shape index (κ3) is 3.35. The highest BCUT2D eigenvalue weighted by Crippen LogP contribution is 2.51. The number of carbonyl (C=O) groups is 1. The molecule has 1 aliphatic rings. The SMILES string of the molecule is CN(C)c1nccc(SCC2(CC(=O)O)CC2)n1. The van der Waals surface area contributed by atoms with Crippen molar-refractivity contribution >= 4 is 23.7 Å². The van der Waals surface area contributed by atoms with Crippen molar-refractivity contribution in [1.29, 1.82) is 0 Å². The third-order valence-corrected chi connectivity index (χ3v) is 4.31. The molecule has 0 unspecified atom stereocenters.